The van der Waals surface area contributed by atoms with E-state index in [1.807, 2.05) is 5.37 Å². The zero-order chi connectivity index (χ0) is 20.1. The van der Waals surface area contributed by atoms with Gasteiger partial charge in [0.05, 0.1) is 6.10 Å². The first-order valence-electron chi connectivity index (χ1n) is 11.6. The highest BCUT2D eigenvalue weighted by atomic mass is 32.1. The Balaban J connectivity index is 1.56. The Morgan fingerprint density at radius 3 is 2.43 bits per heavy atom. The van der Waals surface area contributed by atoms with Crippen LogP contribution in [0.15, 0.2) is 0 Å². The predicted molar refractivity (Wildman–Crippen MR) is 115 cm³/mol. The molecule has 4 aliphatic rings. The first-order valence-corrected chi connectivity index (χ1v) is 12.1. The minimum Gasteiger partial charge on any atom is -0.462 e. The fourth-order valence-electron chi connectivity index (χ4n) is 8.50. The molecule has 0 spiro atoms. The van der Waals surface area contributed by atoms with Crippen molar-refractivity contribution in [2.24, 2.45) is 40.4 Å². The first kappa shape index (κ1) is 20.8. The maximum atomic E-state index is 11.6. The van der Waals surface area contributed by atoms with Gasteiger partial charge in [0.15, 0.2) is 0 Å². The molecule has 0 aliphatic heterocycles. The van der Waals surface area contributed by atoms with Crippen molar-refractivity contribution < 1.29 is 14.6 Å². The molecule has 0 aromatic rings. The minimum atomic E-state index is -0.141. The van der Waals surface area contributed by atoms with Crippen LogP contribution in [0.2, 0.25) is 0 Å². The Labute approximate surface area is 176 Å². The lowest BCUT2D eigenvalue weighted by molar-refractivity contribution is -0.170. The molecule has 4 unspecified atom stereocenters. The second kappa shape index (κ2) is 7.65. The first-order chi connectivity index (χ1) is 13.3. The Hall–Kier alpha value is -0.480. The topological polar surface area (TPSA) is 46.5 Å². The van der Waals surface area contributed by atoms with Gasteiger partial charge >= 0.3 is 5.97 Å². The van der Waals surface area contributed by atoms with E-state index in [0.717, 1.165) is 37.5 Å². The molecule has 4 aliphatic carbocycles. The van der Waals surface area contributed by atoms with Crippen LogP contribution in [0.5, 0.6) is 0 Å². The highest BCUT2D eigenvalue weighted by Crippen LogP contribution is 2.67. The largest absolute Gasteiger partial charge is 0.462 e. The number of carbonyl (C=O) groups excluding carboxylic acids is 1. The maximum absolute atomic E-state index is 11.6. The SMILES string of the molecule is CC(=O)OC1CC[C@H]2[C@@H]3CCC4C(CCC=S)C(O)CC[C@]4(C)[C@H]3CC[C@]12C. The highest BCUT2D eigenvalue weighted by Gasteiger charge is 2.62. The van der Waals surface area contributed by atoms with E-state index in [2.05, 4.69) is 13.8 Å². The molecule has 0 aromatic heterocycles. The van der Waals surface area contributed by atoms with Crippen molar-refractivity contribution in [1.29, 1.82) is 0 Å². The summed E-state index contributed by atoms with van der Waals surface area (Å²) in [4.78, 5) is 11.6. The minimum absolute atomic E-state index is 0.116. The second-order valence-corrected chi connectivity index (χ2v) is 11.1. The number of hydrogen-bond donors (Lipinski definition) is 1. The van der Waals surface area contributed by atoms with Crippen molar-refractivity contribution >= 4 is 23.6 Å². The molecule has 0 aromatic carbocycles. The second-order valence-electron chi connectivity index (χ2n) is 10.8. The van der Waals surface area contributed by atoms with Gasteiger partial charge in [0, 0.05) is 12.3 Å². The van der Waals surface area contributed by atoms with Crippen molar-refractivity contribution in [2.75, 3.05) is 0 Å². The van der Waals surface area contributed by atoms with Crippen LogP contribution < -0.4 is 0 Å². The Morgan fingerprint density at radius 1 is 1.04 bits per heavy atom. The van der Waals surface area contributed by atoms with Crippen molar-refractivity contribution in [2.45, 2.75) is 97.2 Å². The smallest absolute Gasteiger partial charge is 0.302 e. The number of fused-ring (bicyclic) bond motifs is 5. The summed E-state index contributed by atoms with van der Waals surface area (Å²) in [5.74, 6) is 3.17. The molecule has 1 N–H and O–H groups in total. The monoisotopic (exact) mass is 406 g/mol. The lowest BCUT2D eigenvalue weighted by Gasteiger charge is -2.62. The van der Waals surface area contributed by atoms with Crippen LogP contribution in [0.3, 0.4) is 0 Å². The standard InChI is InChI=1S/C24H38O3S/c1-15(25)27-22-9-8-18-16-6-7-19-17(5-4-14-28)21(26)11-13-23(19,2)20(16)10-12-24(18,22)3/h14,16-22,26H,4-13H2,1-3H3/t16-,17?,18-,19?,20-,21?,22?,23-,24-/m0/s1. The number of aliphatic hydroxyl groups excluding tert-OH is 1. The fourth-order valence-corrected chi connectivity index (χ4v) is 8.64. The molecule has 0 radical (unpaired) electrons. The van der Waals surface area contributed by atoms with Gasteiger partial charge in [0.2, 0.25) is 0 Å². The Bertz CT molecular complexity index is 621. The molecule has 9 atom stereocenters. The molecule has 4 rings (SSSR count). The van der Waals surface area contributed by atoms with Gasteiger partial charge in [0.1, 0.15) is 6.10 Å². The molecule has 4 saturated carbocycles. The van der Waals surface area contributed by atoms with Crippen LogP contribution >= 0.6 is 12.2 Å². The lowest BCUT2D eigenvalue weighted by atomic mass is 9.43. The van der Waals surface area contributed by atoms with Crippen LogP contribution in [-0.2, 0) is 9.53 Å². The van der Waals surface area contributed by atoms with E-state index in [9.17, 15) is 9.90 Å². The number of carbonyl (C=O) groups is 1. The van der Waals surface area contributed by atoms with Gasteiger partial charge in [-0.1, -0.05) is 26.1 Å². The van der Waals surface area contributed by atoms with Gasteiger partial charge in [-0.3, -0.25) is 4.79 Å². The van der Waals surface area contributed by atoms with E-state index in [-0.39, 0.29) is 23.6 Å². The molecule has 4 fully saturated rings. The van der Waals surface area contributed by atoms with Gasteiger partial charge in [-0.25, -0.2) is 0 Å². The van der Waals surface area contributed by atoms with Crippen molar-refractivity contribution in [3.63, 3.8) is 0 Å². The molecule has 0 bridgehead atoms. The normalized spacial score (nSPS) is 50.2. The molecule has 0 amide bonds. The summed E-state index contributed by atoms with van der Waals surface area (Å²) in [6, 6.07) is 0. The number of hydrogen-bond acceptors (Lipinski definition) is 4. The summed E-state index contributed by atoms with van der Waals surface area (Å²) in [5, 5.41) is 12.6. The maximum Gasteiger partial charge on any atom is 0.302 e. The molecule has 28 heavy (non-hydrogen) atoms. The van der Waals surface area contributed by atoms with E-state index >= 15 is 0 Å². The number of aliphatic hydroxyl groups is 1. The molecular formula is C24H38O3S. The van der Waals surface area contributed by atoms with Gasteiger partial charge in [-0.2, -0.15) is 0 Å². The summed E-state index contributed by atoms with van der Waals surface area (Å²) in [7, 11) is 0. The van der Waals surface area contributed by atoms with Crippen LogP contribution in [0, 0.1) is 40.4 Å². The zero-order valence-corrected chi connectivity index (χ0v) is 18.7. The van der Waals surface area contributed by atoms with Gasteiger partial charge in [-0.15, -0.1) is 0 Å². The van der Waals surface area contributed by atoms with Crippen LogP contribution in [0.25, 0.3) is 0 Å². The summed E-state index contributed by atoms with van der Waals surface area (Å²) < 4.78 is 5.79. The molecular weight excluding hydrogens is 368 g/mol. The van der Waals surface area contributed by atoms with Gasteiger partial charge < -0.3 is 9.84 Å². The summed E-state index contributed by atoms with van der Waals surface area (Å²) >= 11 is 5.09. The van der Waals surface area contributed by atoms with Crippen LogP contribution in [0.4, 0.5) is 0 Å². The van der Waals surface area contributed by atoms with E-state index in [0.29, 0.717) is 23.2 Å². The average Bonchev–Trinajstić information content (AvgIpc) is 2.97. The average molecular weight is 407 g/mol. The fraction of sp³-hybridized carbons (Fsp3) is 0.917. The van der Waals surface area contributed by atoms with Crippen molar-refractivity contribution in [3.8, 4) is 0 Å². The van der Waals surface area contributed by atoms with E-state index < -0.39 is 0 Å². The quantitative estimate of drug-likeness (QED) is 0.506. The summed E-state index contributed by atoms with van der Waals surface area (Å²) in [5.41, 5.74) is 0.524. The van der Waals surface area contributed by atoms with E-state index in [1.165, 1.54) is 38.5 Å². The molecule has 3 nitrogen and oxygen atoms in total. The van der Waals surface area contributed by atoms with Gasteiger partial charge in [0.25, 0.3) is 0 Å². The van der Waals surface area contributed by atoms with Crippen LogP contribution in [0.1, 0.15) is 85.0 Å². The van der Waals surface area contributed by atoms with E-state index in [1.54, 1.807) is 6.92 Å². The number of rotatable bonds is 4. The summed E-state index contributed by atoms with van der Waals surface area (Å²) in [6.07, 6.45) is 11.4. The highest BCUT2D eigenvalue weighted by molar-refractivity contribution is 7.78. The summed E-state index contributed by atoms with van der Waals surface area (Å²) in [6.45, 7) is 6.50. The predicted octanol–water partition coefficient (Wildman–Crippen LogP) is 5.33. The number of thiocarbonyl (C=S) groups is 1. The Morgan fingerprint density at radius 2 is 1.71 bits per heavy atom. The van der Waals surface area contributed by atoms with Gasteiger partial charge in [-0.05, 0) is 105 Å². The Kier molecular flexibility index (Phi) is 5.68. The van der Waals surface area contributed by atoms with Crippen molar-refractivity contribution in [3.05, 3.63) is 0 Å². The van der Waals surface area contributed by atoms with Crippen molar-refractivity contribution in [1.82, 2.24) is 0 Å². The number of esters is 1. The molecule has 158 valence electrons. The number of ether oxygens (including phenoxy) is 1. The molecule has 0 heterocycles. The van der Waals surface area contributed by atoms with Crippen LogP contribution in [-0.4, -0.2) is 28.7 Å². The molecule has 4 heteroatoms. The third-order valence-electron chi connectivity index (χ3n) is 9.77. The lowest BCUT2D eigenvalue weighted by Crippen LogP contribution is -2.57. The third-order valence-corrected chi connectivity index (χ3v) is 10.0. The third kappa shape index (κ3) is 3.17. The zero-order valence-electron chi connectivity index (χ0n) is 17.9. The van der Waals surface area contributed by atoms with E-state index in [4.69, 9.17) is 17.0 Å². The molecule has 0 saturated heterocycles.